The number of carbonyl (C=O) groups excluding carboxylic acids is 1. The van der Waals surface area contributed by atoms with Crippen LogP contribution in [0.5, 0.6) is 0 Å². The summed E-state index contributed by atoms with van der Waals surface area (Å²) in [6.45, 7) is 11.1. The van der Waals surface area contributed by atoms with Crippen LogP contribution in [0.4, 0.5) is 0 Å². The van der Waals surface area contributed by atoms with Crippen LogP contribution in [0.2, 0.25) is 0 Å². The molecule has 0 aliphatic carbocycles. The fourth-order valence-corrected chi connectivity index (χ4v) is 2.91. The zero-order valence-corrected chi connectivity index (χ0v) is 13.2. The van der Waals surface area contributed by atoms with Crippen LogP contribution in [-0.2, 0) is 4.79 Å². The lowest BCUT2D eigenvalue weighted by Gasteiger charge is -2.44. The van der Waals surface area contributed by atoms with Gasteiger partial charge in [0.25, 0.3) is 0 Å². The van der Waals surface area contributed by atoms with E-state index in [1.54, 1.807) is 0 Å². The molecule has 0 bridgehead atoms. The van der Waals surface area contributed by atoms with Gasteiger partial charge in [-0.05, 0) is 47.0 Å². The molecule has 0 aromatic rings. The second-order valence-corrected chi connectivity index (χ2v) is 6.52. The third-order valence-electron chi connectivity index (χ3n) is 4.53. The Hall–Kier alpha value is -0.610. The molecule has 4 nitrogen and oxygen atoms in total. The number of nitrogens with zero attached hydrogens (tertiary/aromatic N) is 1. The number of nitrogens with two attached hydrogens (primary N) is 1. The summed E-state index contributed by atoms with van der Waals surface area (Å²) in [5.41, 5.74) is 5.74. The van der Waals surface area contributed by atoms with Crippen molar-refractivity contribution < 1.29 is 4.79 Å². The highest BCUT2D eigenvalue weighted by molar-refractivity contribution is 5.82. The molecule has 0 radical (unpaired) electrons. The number of carbonyl (C=O) groups is 1. The zero-order chi connectivity index (χ0) is 14.6. The van der Waals surface area contributed by atoms with Crippen molar-refractivity contribution in [3.8, 4) is 0 Å². The maximum Gasteiger partial charge on any atom is 0.237 e. The Bertz CT molecular complexity index is 304. The SMILES string of the molecule is CCC(C)(C)NC(=O)C(C)N1C(C)CCCC1CN. The van der Waals surface area contributed by atoms with Crippen LogP contribution in [-0.4, -0.2) is 41.0 Å². The third-order valence-corrected chi connectivity index (χ3v) is 4.53. The normalized spacial score (nSPS) is 27.1. The summed E-state index contributed by atoms with van der Waals surface area (Å²) in [5, 5.41) is 3.15. The van der Waals surface area contributed by atoms with Crippen molar-refractivity contribution in [1.29, 1.82) is 0 Å². The van der Waals surface area contributed by atoms with E-state index in [-0.39, 0.29) is 17.5 Å². The topological polar surface area (TPSA) is 58.4 Å². The molecular weight excluding hydrogens is 238 g/mol. The lowest BCUT2D eigenvalue weighted by atomic mass is 9.93. The minimum atomic E-state index is -0.136. The van der Waals surface area contributed by atoms with Crippen molar-refractivity contribution >= 4 is 5.91 Å². The van der Waals surface area contributed by atoms with Gasteiger partial charge in [-0.25, -0.2) is 0 Å². The molecule has 3 atom stereocenters. The average molecular weight is 269 g/mol. The molecule has 1 saturated heterocycles. The Balaban J connectivity index is 2.73. The average Bonchev–Trinajstić information content (AvgIpc) is 2.37. The van der Waals surface area contributed by atoms with Crippen molar-refractivity contribution in [2.75, 3.05) is 6.54 Å². The first-order chi connectivity index (χ1) is 8.82. The first kappa shape index (κ1) is 16.4. The minimum Gasteiger partial charge on any atom is -0.350 e. The van der Waals surface area contributed by atoms with Crippen LogP contribution in [0.25, 0.3) is 0 Å². The molecule has 3 N–H and O–H groups in total. The number of likely N-dealkylation sites (tertiary alicyclic amines) is 1. The highest BCUT2D eigenvalue weighted by atomic mass is 16.2. The lowest BCUT2D eigenvalue weighted by Crippen LogP contribution is -2.59. The van der Waals surface area contributed by atoms with Crippen LogP contribution in [0, 0.1) is 0 Å². The standard InChI is InChI=1S/C15H31N3O/c1-6-15(4,5)17-14(19)12(3)18-11(2)8-7-9-13(18)10-16/h11-13H,6-10,16H2,1-5H3,(H,17,19). The molecule has 0 saturated carbocycles. The van der Waals surface area contributed by atoms with E-state index in [9.17, 15) is 4.79 Å². The zero-order valence-electron chi connectivity index (χ0n) is 13.2. The van der Waals surface area contributed by atoms with Crippen molar-refractivity contribution in [2.24, 2.45) is 5.73 Å². The van der Waals surface area contributed by atoms with Gasteiger partial charge in [-0.1, -0.05) is 13.3 Å². The second-order valence-electron chi connectivity index (χ2n) is 6.52. The third kappa shape index (κ3) is 4.18. The van der Waals surface area contributed by atoms with Crippen LogP contribution in [0.3, 0.4) is 0 Å². The maximum absolute atomic E-state index is 12.4. The van der Waals surface area contributed by atoms with Gasteiger partial charge in [-0.2, -0.15) is 0 Å². The van der Waals surface area contributed by atoms with E-state index in [1.165, 1.54) is 6.42 Å². The molecule has 1 aliphatic heterocycles. The molecule has 1 heterocycles. The van der Waals surface area contributed by atoms with E-state index in [4.69, 9.17) is 5.73 Å². The van der Waals surface area contributed by atoms with Gasteiger partial charge in [0.1, 0.15) is 0 Å². The molecule has 4 heteroatoms. The number of hydrogen-bond donors (Lipinski definition) is 2. The molecule has 112 valence electrons. The number of nitrogens with one attached hydrogen (secondary N) is 1. The summed E-state index contributed by atoms with van der Waals surface area (Å²) in [5.74, 6) is 0.124. The lowest BCUT2D eigenvalue weighted by molar-refractivity contribution is -0.130. The Kier molecular flexibility index (Phi) is 5.81. The van der Waals surface area contributed by atoms with Crippen LogP contribution in [0.1, 0.15) is 60.3 Å². The number of amides is 1. The molecule has 0 aromatic heterocycles. The number of piperidine rings is 1. The monoisotopic (exact) mass is 269 g/mol. The summed E-state index contributed by atoms with van der Waals surface area (Å²) in [6.07, 6.45) is 4.41. The summed E-state index contributed by atoms with van der Waals surface area (Å²) in [7, 11) is 0. The molecule has 0 aromatic carbocycles. The summed E-state index contributed by atoms with van der Waals surface area (Å²) >= 11 is 0. The van der Waals surface area contributed by atoms with Gasteiger partial charge in [-0.3, -0.25) is 9.69 Å². The molecule has 0 spiro atoms. The van der Waals surface area contributed by atoms with Gasteiger partial charge in [0.15, 0.2) is 0 Å². The summed E-state index contributed by atoms with van der Waals surface area (Å²) in [4.78, 5) is 14.7. The first-order valence-electron chi connectivity index (χ1n) is 7.62. The number of rotatable bonds is 5. The largest absolute Gasteiger partial charge is 0.350 e. The van der Waals surface area contributed by atoms with E-state index in [1.807, 2.05) is 6.92 Å². The Labute approximate surface area is 118 Å². The molecule has 1 rings (SSSR count). The first-order valence-corrected chi connectivity index (χ1v) is 7.62. The van der Waals surface area contributed by atoms with E-state index in [0.717, 1.165) is 19.3 Å². The molecule has 1 aliphatic rings. The van der Waals surface area contributed by atoms with E-state index >= 15 is 0 Å². The van der Waals surface area contributed by atoms with Gasteiger partial charge >= 0.3 is 0 Å². The molecule has 1 amide bonds. The molecule has 1 fully saturated rings. The van der Waals surface area contributed by atoms with Crippen LogP contribution >= 0.6 is 0 Å². The molecule has 3 unspecified atom stereocenters. The van der Waals surface area contributed by atoms with Gasteiger partial charge in [0, 0.05) is 24.2 Å². The van der Waals surface area contributed by atoms with E-state index in [2.05, 4.69) is 37.9 Å². The maximum atomic E-state index is 12.4. The molecule has 19 heavy (non-hydrogen) atoms. The minimum absolute atomic E-state index is 0.102. The van der Waals surface area contributed by atoms with Crippen molar-refractivity contribution in [1.82, 2.24) is 10.2 Å². The van der Waals surface area contributed by atoms with Crippen LogP contribution < -0.4 is 11.1 Å². The fourth-order valence-electron chi connectivity index (χ4n) is 2.91. The van der Waals surface area contributed by atoms with Crippen LogP contribution in [0.15, 0.2) is 0 Å². The predicted octanol–water partition coefficient (Wildman–Crippen LogP) is 1.88. The Morgan fingerprint density at radius 1 is 1.47 bits per heavy atom. The summed E-state index contributed by atoms with van der Waals surface area (Å²) in [6, 6.07) is 0.678. The van der Waals surface area contributed by atoms with Gasteiger partial charge in [0.2, 0.25) is 5.91 Å². The predicted molar refractivity (Wildman–Crippen MR) is 80.0 cm³/mol. The molecular formula is C15H31N3O. The Morgan fingerprint density at radius 2 is 2.11 bits per heavy atom. The quantitative estimate of drug-likeness (QED) is 0.801. The van der Waals surface area contributed by atoms with E-state index < -0.39 is 0 Å². The number of hydrogen-bond acceptors (Lipinski definition) is 3. The summed E-state index contributed by atoms with van der Waals surface area (Å²) < 4.78 is 0. The van der Waals surface area contributed by atoms with Crippen molar-refractivity contribution in [3.05, 3.63) is 0 Å². The van der Waals surface area contributed by atoms with Crippen molar-refractivity contribution in [3.63, 3.8) is 0 Å². The Morgan fingerprint density at radius 3 is 2.63 bits per heavy atom. The van der Waals surface area contributed by atoms with E-state index in [0.29, 0.717) is 18.6 Å². The van der Waals surface area contributed by atoms with Gasteiger partial charge in [0.05, 0.1) is 6.04 Å². The fraction of sp³-hybridized carbons (Fsp3) is 0.933. The second kappa shape index (κ2) is 6.71. The van der Waals surface area contributed by atoms with Gasteiger partial charge in [-0.15, -0.1) is 0 Å². The van der Waals surface area contributed by atoms with Gasteiger partial charge < -0.3 is 11.1 Å². The highest BCUT2D eigenvalue weighted by Crippen LogP contribution is 2.25. The van der Waals surface area contributed by atoms with Crippen molar-refractivity contribution in [2.45, 2.75) is 84.0 Å². The highest BCUT2D eigenvalue weighted by Gasteiger charge is 2.35. The smallest absolute Gasteiger partial charge is 0.237 e.